The van der Waals surface area contributed by atoms with Crippen LogP contribution in [0, 0.1) is 0 Å². The molecule has 0 fully saturated rings. The number of hydrogen-bond acceptors (Lipinski definition) is 4. The summed E-state index contributed by atoms with van der Waals surface area (Å²) in [7, 11) is 1.69. The van der Waals surface area contributed by atoms with Gasteiger partial charge in [0.2, 0.25) is 0 Å². The van der Waals surface area contributed by atoms with Crippen molar-refractivity contribution in [2.24, 2.45) is 18.5 Å². The number of rotatable bonds is 4. The van der Waals surface area contributed by atoms with Crippen LogP contribution < -0.4 is 17.2 Å². The maximum Gasteiger partial charge on any atom is 0.419 e. The largest absolute Gasteiger partial charge is 0.419 e. The summed E-state index contributed by atoms with van der Waals surface area (Å²) in [6, 6.07) is 5.52. The first-order chi connectivity index (χ1) is 8.78. The van der Waals surface area contributed by atoms with Crippen LogP contribution in [0.25, 0.3) is 11.1 Å². The van der Waals surface area contributed by atoms with Crippen LogP contribution in [0.15, 0.2) is 27.4 Å². The van der Waals surface area contributed by atoms with E-state index in [1.54, 1.807) is 13.1 Å². The molecule has 2 aromatic rings. The molecule has 1 unspecified atom stereocenters. The van der Waals surface area contributed by atoms with Gasteiger partial charge in [0.1, 0.15) is 0 Å². The molecule has 1 aromatic carbocycles. The Morgan fingerprint density at radius 1 is 1.42 bits per heavy atom. The van der Waals surface area contributed by atoms with E-state index in [1.807, 2.05) is 26.0 Å². The number of nitrogens with zero attached hydrogens (tertiary/aromatic N) is 1. The van der Waals surface area contributed by atoms with Crippen molar-refractivity contribution in [1.29, 1.82) is 0 Å². The Balaban J connectivity index is 2.25. The van der Waals surface area contributed by atoms with Gasteiger partial charge in [-0.3, -0.25) is 4.57 Å². The highest BCUT2D eigenvalue weighted by Gasteiger charge is 2.15. The Labute approximate surface area is 112 Å². The molecule has 2 rings (SSSR count). The molecule has 19 heavy (non-hydrogen) atoms. The molecule has 0 bridgehead atoms. The summed E-state index contributed by atoms with van der Waals surface area (Å²) in [5.41, 5.74) is 14.3. The van der Waals surface area contributed by atoms with E-state index in [4.69, 9.17) is 15.9 Å². The summed E-state index contributed by atoms with van der Waals surface area (Å²) in [6.45, 7) is 3.98. The third kappa shape index (κ3) is 3.05. The Bertz CT molecular complexity index is 634. The maximum atomic E-state index is 11.4. The second-order valence-electron chi connectivity index (χ2n) is 5.79. The van der Waals surface area contributed by atoms with E-state index in [2.05, 4.69) is 0 Å². The lowest BCUT2D eigenvalue weighted by Crippen LogP contribution is -2.32. The number of nitrogens with two attached hydrogens (primary N) is 2. The zero-order valence-corrected chi connectivity index (χ0v) is 11.6. The standard InChI is InChI=1S/C14H21N3O2/c1-14(2,16)7-6-10(15)9-4-5-12-11(8-9)17(3)13(18)19-12/h4-5,8,10H,6-7,15-16H2,1-3H3. The first kappa shape index (κ1) is 13.8. The molecule has 0 saturated carbocycles. The minimum Gasteiger partial charge on any atom is -0.408 e. The summed E-state index contributed by atoms with van der Waals surface area (Å²) >= 11 is 0. The predicted octanol–water partition coefficient (Wildman–Crippen LogP) is 1.65. The molecule has 0 radical (unpaired) electrons. The smallest absolute Gasteiger partial charge is 0.408 e. The normalized spacial score (nSPS) is 13.9. The number of oxazole rings is 1. The van der Waals surface area contributed by atoms with E-state index < -0.39 is 0 Å². The third-order valence-corrected chi connectivity index (χ3v) is 3.34. The highest BCUT2D eigenvalue weighted by atomic mass is 16.4. The second-order valence-corrected chi connectivity index (χ2v) is 5.79. The fourth-order valence-corrected chi connectivity index (χ4v) is 2.07. The molecule has 4 N–H and O–H groups in total. The molecule has 0 amide bonds. The molecule has 5 heteroatoms. The van der Waals surface area contributed by atoms with Crippen LogP contribution in [-0.4, -0.2) is 10.1 Å². The summed E-state index contributed by atoms with van der Waals surface area (Å²) < 4.78 is 6.58. The number of benzene rings is 1. The van der Waals surface area contributed by atoms with Crippen LogP contribution in [0.1, 0.15) is 38.3 Å². The Hall–Kier alpha value is -1.59. The molecule has 0 aliphatic carbocycles. The maximum absolute atomic E-state index is 11.4. The van der Waals surface area contributed by atoms with E-state index in [0.717, 1.165) is 23.9 Å². The molecule has 0 aliphatic rings. The average Bonchev–Trinajstić information content (AvgIpc) is 2.61. The summed E-state index contributed by atoms with van der Waals surface area (Å²) in [5.74, 6) is -0.358. The Morgan fingerprint density at radius 2 is 2.11 bits per heavy atom. The van der Waals surface area contributed by atoms with Crippen molar-refractivity contribution >= 4 is 11.1 Å². The molecule has 0 saturated heterocycles. The summed E-state index contributed by atoms with van der Waals surface area (Å²) in [5, 5.41) is 0. The molecule has 104 valence electrons. The van der Waals surface area contributed by atoms with Crippen LogP contribution in [0.4, 0.5) is 0 Å². The minimum absolute atomic E-state index is 0.0859. The first-order valence-corrected chi connectivity index (χ1v) is 6.42. The van der Waals surface area contributed by atoms with Crippen molar-refractivity contribution in [2.45, 2.75) is 38.3 Å². The molecular weight excluding hydrogens is 242 g/mol. The third-order valence-electron chi connectivity index (χ3n) is 3.34. The zero-order chi connectivity index (χ0) is 14.2. The lowest BCUT2D eigenvalue weighted by molar-refractivity contribution is 0.433. The van der Waals surface area contributed by atoms with Crippen LogP contribution in [-0.2, 0) is 7.05 Å². The van der Waals surface area contributed by atoms with E-state index in [0.29, 0.717) is 5.58 Å². The van der Waals surface area contributed by atoms with Gasteiger partial charge in [-0.15, -0.1) is 0 Å². The molecule has 0 aliphatic heterocycles. The lowest BCUT2D eigenvalue weighted by Gasteiger charge is -2.21. The molecule has 1 aromatic heterocycles. The number of fused-ring (bicyclic) bond motifs is 1. The Morgan fingerprint density at radius 3 is 2.74 bits per heavy atom. The number of aryl methyl sites for hydroxylation is 1. The molecule has 0 spiro atoms. The lowest BCUT2D eigenvalue weighted by atomic mass is 9.94. The SMILES string of the molecule is Cn1c(=O)oc2ccc(C(N)CCC(C)(C)N)cc21. The van der Waals surface area contributed by atoms with Crippen molar-refractivity contribution in [2.75, 3.05) is 0 Å². The van der Waals surface area contributed by atoms with Crippen LogP contribution in [0.3, 0.4) is 0 Å². The van der Waals surface area contributed by atoms with Crippen molar-refractivity contribution in [1.82, 2.24) is 4.57 Å². The van der Waals surface area contributed by atoms with Gasteiger partial charge in [0.05, 0.1) is 5.52 Å². The van der Waals surface area contributed by atoms with Crippen LogP contribution in [0.2, 0.25) is 0 Å². The summed E-state index contributed by atoms with van der Waals surface area (Å²) in [4.78, 5) is 11.4. The molecular formula is C14H21N3O2. The van der Waals surface area contributed by atoms with Gasteiger partial charge in [-0.1, -0.05) is 6.07 Å². The average molecular weight is 263 g/mol. The van der Waals surface area contributed by atoms with Gasteiger partial charge in [0, 0.05) is 18.6 Å². The zero-order valence-electron chi connectivity index (χ0n) is 11.6. The van der Waals surface area contributed by atoms with E-state index in [9.17, 15) is 4.79 Å². The van der Waals surface area contributed by atoms with Gasteiger partial charge >= 0.3 is 5.76 Å². The monoisotopic (exact) mass is 263 g/mol. The van der Waals surface area contributed by atoms with Crippen LogP contribution in [0.5, 0.6) is 0 Å². The quantitative estimate of drug-likeness (QED) is 0.878. The van der Waals surface area contributed by atoms with Gasteiger partial charge in [-0.05, 0) is 44.4 Å². The predicted molar refractivity (Wildman–Crippen MR) is 75.9 cm³/mol. The van der Waals surface area contributed by atoms with Crippen molar-refractivity contribution in [3.05, 3.63) is 34.3 Å². The molecule has 5 nitrogen and oxygen atoms in total. The minimum atomic E-state index is -0.358. The van der Waals surface area contributed by atoms with Gasteiger partial charge < -0.3 is 15.9 Å². The van der Waals surface area contributed by atoms with Gasteiger partial charge in [0.25, 0.3) is 0 Å². The summed E-state index contributed by atoms with van der Waals surface area (Å²) in [6.07, 6.45) is 1.65. The molecule has 1 atom stereocenters. The Kier molecular flexibility index (Phi) is 3.52. The molecule has 1 heterocycles. The van der Waals surface area contributed by atoms with Gasteiger partial charge in [-0.25, -0.2) is 4.79 Å². The van der Waals surface area contributed by atoms with Crippen molar-refractivity contribution < 1.29 is 4.42 Å². The van der Waals surface area contributed by atoms with E-state index in [1.165, 1.54) is 4.57 Å². The topological polar surface area (TPSA) is 87.2 Å². The highest BCUT2D eigenvalue weighted by molar-refractivity contribution is 5.73. The number of hydrogen-bond donors (Lipinski definition) is 2. The fraction of sp³-hybridized carbons (Fsp3) is 0.500. The van der Waals surface area contributed by atoms with Crippen molar-refractivity contribution in [3.8, 4) is 0 Å². The van der Waals surface area contributed by atoms with E-state index >= 15 is 0 Å². The van der Waals surface area contributed by atoms with Crippen LogP contribution >= 0.6 is 0 Å². The first-order valence-electron chi connectivity index (χ1n) is 6.42. The fourth-order valence-electron chi connectivity index (χ4n) is 2.07. The van der Waals surface area contributed by atoms with E-state index in [-0.39, 0.29) is 17.3 Å². The van der Waals surface area contributed by atoms with Gasteiger partial charge in [0.15, 0.2) is 5.58 Å². The number of aromatic nitrogens is 1. The van der Waals surface area contributed by atoms with Crippen molar-refractivity contribution in [3.63, 3.8) is 0 Å². The highest BCUT2D eigenvalue weighted by Crippen LogP contribution is 2.23. The second kappa shape index (κ2) is 4.83. The van der Waals surface area contributed by atoms with Gasteiger partial charge in [-0.2, -0.15) is 0 Å².